The van der Waals surface area contributed by atoms with Crippen molar-refractivity contribution < 1.29 is 9.18 Å². The minimum atomic E-state index is -0.435. The molecule has 0 radical (unpaired) electrons. The summed E-state index contributed by atoms with van der Waals surface area (Å²) in [5.74, 6) is -0.346. The van der Waals surface area contributed by atoms with Crippen molar-refractivity contribution in [2.45, 2.75) is 20.4 Å². The van der Waals surface area contributed by atoms with Gasteiger partial charge in [-0.25, -0.2) is 14.1 Å². The van der Waals surface area contributed by atoms with Crippen molar-refractivity contribution in [1.29, 1.82) is 0 Å². The molecule has 4 aromatic rings. The number of carbonyl (C=O) groups excluding carboxylic acids is 1. The number of pyridine rings is 1. The van der Waals surface area contributed by atoms with E-state index in [2.05, 4.69) is 25.2 Å². The molecule has 0 aliphatic rings. The van der Waals surface area contributed by atoms with Crippen molar-refractivity contribution in [2.75, 3.05) is 0 Å². The molecule has 0 fully saturated rings. The Morgan fingerprint density at radius 2 is 2.10 bits per heavy atom. The van der Waals surface area contributed by atoms with Crippen LogP contribution in [0.15, 0.2) is 48.2 Å². The van der Waals surface area contributed by atoms with Crippen molar-refractivity contribution in [3.05, 3.63) is 87.2 Å². The molecule has 0 spiro atoms. The monoisotopic (exact) mass is 432 g/mol. The van der Waals surface area contributed by atoms with Gasteiger partial charge in [-0.1, -0.05) is 18.7 Å². The van der Waals surface area contributed by atoms with Gasteiger partial charge in [0.15, 0.2) is 0 Å². The smallest absolute Gasteiger partial charge is 0.272 e. The maximum atomic E-state index is 14.6. The van der Waals surface area contributed by atoms with Crippen molar-refractivity contribution in [1.82, 2.24) is 25.1 Å². The van der Waals surface area contributed by atoms with Crippen molar-refractivity contribution >= 4 is 23.1 Å². The van der Waals surface area contributed by atoms with Gasteiger partial charge in [-0.15, -0.1) is 16.3 Å². The molecule has 0 unspecified atom stereocenters. The van der Waals surface area contributed by atoms with Crippen LogP contribution in [-0.2, 0) is 6.54 Å². The largest absolute Gasteiger partial charge is 0.360 e. The van der Waals surface area contributed by atoms with Crippen LogP contribution in [-0.4, -0.2) is 25.7 Å². The zero-order valence-corrected chi connectivity index (χ0v) is 17.6. The first-order chi connectivity index (χ1) is 15.0. The number of hydrogen-bond donors (Lipinski definition) is 1. The molecular weight excluding hydrogens is 415 g/mol. The molecule has 9 heteroatoms. The summed E-state index contributed by atoms with van der Waals surface area (Å²) < 4.78 is 16.2. The number of aryl methyl sites for hydroxylation is 2. The molecule has 154 valence electrons. The van der Waals surface area contributed by atoms with E-state index in [-0.39, 0.29) is 12.5 Å². The third kappa shape index (κ3) is 4.20. The number of benzene rings is 1. The average Bonchev–Trinajstić information content (AvgIpc) is 3.42. The fourth-order valence-corrected chi connectivity index (χ4v) is 3.76. The van der Waals surface area contributed by atoms with E-state index in [1.165, 1.54) is 17.4 Å². The van der Waals surface area contributed by atoms with Gasteiger partial charge < -0.3 is 10.2 Å². The van der Waals surface area contributed by atoms with Crippen LogP contribution in [0.2, 0.25) is 0 Å². The van der Waals surface area contributed by atoms with Gasteiger partial charge in [0.1, 0.15) is 16.9 Å². The fraction of sp³-hybridized carbons (Fsp3) is 0.136. The van der Waals surface area contributed by atoms with E-state index < -0.39 is 5.82 Å². The lowest BCUT2D eigenvalue weighted by molar-refractivity contribution is 0.0954. The van der Waals surface area contributed by atoms with Gasteiger partial charge in [0.2, 0.25) is 0 Å². The molecule has 4 rings (SSSR count). The van der Waals surface area contributed by atoms with Crippen LogP contribution in [0.3, 0.4) is 0 Å². The molecular formula is C22H17FN6OS. The van der Waals surface area contributed by atoms with Crippen LogP contribution in [0.25, 0.3) is 21.8 Å². The average molecular weight is 432 g/mol. The number of nitrogens with one attached hydrogen (secondary N) is 1. The van der Waals surface area contributed by atoms with Gasteiger partial charge in [-0.2, -0.15) is 5.10 Å². The van der Waals surface area contributed by atoms with E-state index >= 15 is 0 Å². The van der Waals surface area contributed by atoms with Gasteiger partial charge in [0, 0.05) is 23.9 Å². The first-order valence-electron chi connectivity index (χ1n) is 9.33. The van der Waals surface area contributed by atoms with Crippen LogP contribution < -0.4 is 5.32 Å². The number of amides is 1. The minimum Gasteiger partial charge on any atom is -0.360 e. The summed E-state index contributed by atoms with van der Waals surface area (Å²) in [6, 6.07) is 8.40. The molecule has 0 aliphatic heterocycles. The molecule has 1 amide bonds. The summed E-state index contributed by atoms with van der Waals surface area (Å²) in [5, 5.41) is 7.22. The Bertz CT molecular complexity index is 1320. The Morgan fingerprint density at radius 1 is 1.26 bits per heavy atom. The second kappa shape index (κ2) is 8.45. The first-order valence-corrected chi connectivity index (χ1v) is 10.2. The van der Waals surface area contributed by atoms with E-state index in [1.54, 1.807) is 47.7 Å². The van der Waals surface area contributed by atoms with Crippen LogP contribution >= 0.6 is 11.3 Å². The molecule has 1 N–H and O–H groups in total. The molecule has 3 heterocycles. The highest BCUT2D eigenvalue weighted by atomic mass is 32.1. The molecule has 1 aromatic carbocycles. The molecule has 0 atom stereocenters. The van der Waals surface area contributed by atoms with Gasteiger partial charge >= 0.3 is 0 Å². The number of thiazole rings is 1. The number of carbonyl (C=O) groups is 1. The lowest BCUT2D eigenvalue weighted by Crippen LogP contribution is -2.23. The normalized spacial score (nSPS) is 10.6. The summed E-state index contributed by atoms with van der Waals surface area (Å²) in [7, 11) is 0. The number of hydrogen-bond acceptors (Lipinski definition) is 5. The highest BCUT2D eigenvalue weighted by Crippen LogP contribution is 2.24. The Labute approximate surface area is 182 Å². The van der Waals surface area contributed by atoms with Crippen LogP contribution in [0.1, 0.15) is 26.5 Å². The molecule has 0 bridgehead atoms. The third-order valence-electron chi connectivity index (χ3n) is 4.73. The number of nitrogens with zero attached hydrogens (tertiary/aromatic N) is 5. The Hall–Kier alpha value is -3.90. The third-order valence-corrected chi connectivity index (χ3v) is 5.66. The molecule has 0 saturated carbocycles. The lowest BCUT2D eigenvalue weighted by Gasteiger charge is -2.08. The molecule has 3 aromatic heterocycles. The zero-order valence-electron chi connectivity index (χ0n) is 16.8. The predicted molar refractivity (Wildman–Crippen MR) is 116 cm³/mol. The maximum Gasteiger partial charge on any atom is 0.272 e. The Balaban J connectivity index is 1.50. The van der Waals surface area contributed by atoms with Crippen molar-refractivity contribution in [2.24, 2.45) is 0 Å². The number of halogens is 1. The standard InChI is InChI=1S/C22H17FN6OS/c1-13-8-16(11-25-21(13)24-3)19-6-7-29(28-19)17-5-4-15(18(23)9-17)10-26-22(30)20-14(2)27-12-31-20/h4-9,11-12H,10H2,1-2H3,(H,26,30). The van der Waals surface area contributed by atoms with Gasteiger partial charge in [-0.3, -0.25) is 4.79 Å². The maximum absolute atomic E-state index is 14.6. The molecule has 31 heavy (non-hydrogen) atoms. The summed E-state index contributed by atoms with van der Waals surface area (Å²) in [6.45, 7) is 10.8. The van der Waals surface area contributed by atoms with Gasteiger partial charge in [0.25, 0.3) is 11.7 Å². The van der Waals surface area contributed by atoms with E-state index in [0.29, 0.717) is 33.3 Å². The van der Waals surface area contributed by atoms with Crippen molar-refractivity contribution in [3.8, 4) is 16.9 Å². The molecule has 0 aliphatic carbocycles. The quantitative estimate of drug-likeness (QED) is 0.467. The van der Waals surface area contributed by atoms with Gasteiger partial charge in [-0.05, 0) is 37.6 Å². The van der Waals surface area contributed by atoms with E-state index in [0.717, 1.165) is 11.1 Å². The van der Waals surface area contributed by atoms with Crippen LogP contribution in [0.5, 0.6) is 0 Å². The number of rotatable bonds is 5. The van der Waals surface area contributed by atoms with Crippen LogP contribution in [0, 0.1) is 26.2 Å². The van der Waals surface area contributed by atoms with E-state index in [4.69, 9.17) is 6.57 Å². The van der Waals surface area contributed by atoms with Crippen molar-refractivity contribution in [3.63, 3.8) is 0 Å². The Kier molecular flexibility index (Phi) is 5.56. The minimum absolute atomic E-state index is 0.0744. The molecule has 0 saturated heterocycles. The SMILES string of the molecule is [C-]#[N+]c1ncc(-c2ccn(-c3ccc(CNC(=O)c4scnc4C)c(F)c3)n2)cc1C. The van der Waals surface area contributed by atoms with Crippen LogP contribution in [0.4, 0.5) is 10.2 Å². The predicted octanol–water partition coefficient (Wildman–Crippen LogP) is 4.63. The van der Waals surface area contributed by atoms with Gasteiger partial charge in [0.05, 0.1) is 22.6 Å². The zero-order chi connectivity index (χ0) is 22.0. The second-order valence-electron chi connectivity index (χ2n) is 6.85. The first kappa shape index (κ1) is 20.4. The molecule has 7 nitrogen and oxygen atoms in total. The second-order valence-corrected chi connectivity index (χ2v) is 7.70. The number of aromatic nitrogens is 4. The van der Waals surface area contributed by atoms with E-state index in [1.807, 2.05) is 13.0 Å². The Morgan fingerprint density at radius 3 is 2.77 bits per heavy atom. The summed E-state index contributed by atoms with van der Waals surface area (Å²) in [5.41, 5.74) is 5.41. The fourth-order valence-electron chi connectivity index (χ4n) is 3.04. The lowest BCUT2D eigenvalue weighted by atomic mass is 10.1. The van der Waals surface area contributed by atoms with E-state index in [9.17, 15) is 9.18 Å². The highest BCUT2D eigenvalue weighted by Gasteiger charge is 2.13. The topological polar surface area (TPSA) is 77.1 Å². The summed E-state index contributed by atoms with van der Waals surface area (Å²) >= 11 is 1.25. The summed E-state index contributed by atoms with van der Waals surface area (Å²) in [6.07, 6.45) is 3.33. The highest BCUT2D eigenvalue weighted by molar-refractivity contribution is 7.11. The summed E-state index contributed by atoms with van der Waals surface area (Å²) in [4.78, 5) is 24.3.